The number of carboxylic acids is 1. The van der Waals surface area contributed by atoms with Crippen LogP contribution in [0.15, 0.2) is 24.3 Å². The molecule has 5 nitrogen and oxygen atoms in total. The average molecular weight is 349 g/mol. The highest BCUT2D eigenvalue weighted by atomic mass is 32.2. The SMILES string of the molecule is O=C(O)C1CC2CCC1N2S(=O)(=O)CCC1Cc2ccccc2C1. The molecule has 1 N–H and O–H groups in total. The third kappa shape index (κ3) is 2.65. The van der Waals surface area contributed by atoms with E-state index in [1.54, 1.807) is 4.31 Å². The van der Waals surface area contributed by atoms with Gasteiger partial charge in [-0.25, -0.2) is 8.42 Å². The van der Waals surface area contributed by atoms with E-state index in [1.807, 2.05) is 12.1 Å². The molecule has 2 fully saturated rings. The Morgan fingerprint density at radius 2 is 1.83 bits per heavy atom. The van der Waals surface area contributed by atoms with E-state index < -0.39 is 21.9 Å². The highest BCUT2D eigenvalue weighted by Gasteiger charge is 2.53. The standard InChI is InChI=1S/C18H23NO4S/c20-18(21)16-11-15-5-6-17(16)19(15)24(22,23)8-7-12-9-13-3-1-2-4-14(13)10-12/h1-4,12,15-17H,5-11H2,(H,20,21). The van der Waals surface area contributed by atoms with Crippen molar-refractivity contribution < 1.29 is 18.3 Å². The van der Waals surface area contributed by atoms with Crippen molar-refractivity contribution in [2.45, 2.75) is 50.6 Å². The second-order valence-corrected chi connectivity index (χ2v) is 9.45. The van der Waals surface area contributed by atoms with Crippen molar-refractivity contribution in [3.05, 3.63) is 35.4 Å². The molecule has 4 rings (SSSR count). The monoisotopic (exact) mass is 349 g/mol. The van der Waals surface area contributed by atoms with Gasteiger partial charge >= 0.3 is 5.97 Å². The van der Waals surface area contributed by atoms with E-state index in [4.69, 9.17) is 0 Å². The summed E-state index contributed by atoms with van der Waals surface area (Å²) in [7, 11) is -3.37. The second-order valence-electron chi connectivity index (χ2n) is 7.46. The lowest BCUT2D eigenvalue weighted by molar-refractivity contribution is -0.142. The maximum Gasteiger partial charge on any atom is 0.308 e. The summed E-state index contributed by atoms with van der Waals surface area (Å²) in [5.74, 6) is -0.846. The van der Waals surface area contributed by atoms with Crippen molar-refractivity contribution >= 4 is 16.0 Å². The third-order valence-electron chi connectivity index (χ3n) is 6.03. The van der Waals surface area contributed by atoms with Crippen molar-refractivity contribution in [2.75, 3.05) is 5.75 Å². The molecule has 0 spiro atoms. The summed E-state index contributed by atoms with van der Waals surface area (Å²) in [5, 5.41) is 9.30. The molecule has 2 bridgehead atoms. The molecule has 24 heavy (non-hydrogen) atoms. The molecular weight excluding hydrogens is 326 g/mol. The molecular formula is C18H23NO4S. The molecule has 3 unspecified atom stereocenters. The van der Waals surface area contributed by atoms with Gasteiger partial charge in [0.15, 0.2) is 0 Å². The average Bonchev–Trinajstić information content (AvgIpc) is 3.24. The molecule has 3 atom stereocenters. The first-order valence-corrected chi connectivity index (χ1v) is 10.4. The van der Waals surface area contributed by atoms with E-state index in [-0.39, 0.29) is 17.8 Å². The van der Waals surface area contributed by atoms with E-state index in [0.717, 1.165) is 19.3 Å². The van der Waals surface area contributed by atoms with E-state index in [2.05, 4.69) is 12.1 Å². The van der Waals surface area contributed by atoms with Gasteiger partial charge in [0.1, 0.15) is 0 Å². The Bertz CT molecular complexity index is 735. The Morgan fingerprint density at radius 3 is 2.42 bits per heavy atom. The highest BCUT2D eigenvalue weighted by molar-refractivity contribution is 7.89. The zero-order valence-electron chi connectivity index (χ0n) is 13.6. The van der Waals surface area contributed by atoms with Gasteiger partial charge in [0, 0.05) is 12.1 Å². The summed E-state index contributed by atoms with van der Waals surface area (Å²) in [5.41, 5.74) is 2.68. The zero-order valence-corrected chi connectivity index (χ0v) is 14.4. The molecule has 1 aromatic rings. The van der Waals surface area contributed by atoms with Gasteiger partial charge in [-0.3, -0.25) is 4.79 Å². The van der Waals surface area contributed by atoms with Crippen molar-refractivity contribution in [3.63, 3.8) is 0 Å². The topological polar surface area (TPSA) is 74.7 Å². The maximum absolute atomic E-state index is 12.8. The minimum atomic E-state index is -3.37. The molecule has 130 valence electrons. The summed E-state index contributed by atoms with van der Waals surface area (Å²) in [6.45, 7) is 0. The van der Waals surface area contributed by atoms with Crippen LogP contribution in [0.25, 0.3) is 0 Å². The number of hydrogen-bond acceptors (Lipinski definition) is 3. The number of carboxylic acid groups (broad SMARTS) is 1. The molecule has 2 aliphatic heterocycles. The molecule has 0 radical (unpaired) electrons. The van der Waals surface area contributed by atoms with Crippen LogP contribution in [0.5, 0.6) is 0 Å². The van der Waals surface area contributed by atoms with Crippen LogP contribution in [-0.2, 0) is 27.7 Å². The van der Waals surface area contributed by atoms with Crippen LogP contribution < -0.4 is 0 Å². The minimum Gasteiger partial charge on any atom is -0.481 e. The van der Waals surface area contributed by atoms with Crippen LogP contribution in [-0.4, -0.2) is 41.6 Å². The number of carbonyl (C=O) groups is 1. The summed E-state index contributed by atoms with van der Waals surface area (Å²) < 4.78 is 27.2. The van der Waals surface area contributed by atoms with Crippen LogP contribution >= 0.6 is 0 Å². The maximum atomic E-state index is 12.8. The second kappa shape index (κ2) is 5.85. The molecule has 0 aromatic heterocycles. The fraction of sp³-hybridized carbons (Fsp3) is 0.611. The van der Waals surface area contributed by atoms with Gasteiger partial charge in [-0.1, -0.05) is 24.3 Å². The number of fused-ring (bicyclic) bond motifs is 3. The highest BCUT2D eigenvalue weighted by Crippen LogP contribution is 2.44. The predicted molar refractivity (Wildman–Crippen MR) is 90.1 cm³/mol. The summed E-state index contributed by atoms with van der Waals surface area (Å²) >= 11 is 0. The molecule has 0 amide bonds. The zero-order chi connectivity index (χ0) is 16.9. The van der Waals surface area contributed by atoms with Gasteiger partial charge in [0.25, 0.3) is 0 Å². The number of aliphatic carboxylic acids is 1. The number of sulfonamides is 1. The lowest BCUT2D eigenvalue weighted by Gasteiger charge is -2.23. The van der Waals surface area contributed by atoms with Gasteiger partial charge in [0.2, 0.25) is 10.0 Å². The third-order valence-corrected chi connectivity index (χ3v) is 7.99. The van der Waals surface area contributed by atoms with E-state index in [0.29, 0.717) is 25.2 Å². The van der Waals surface area contributed by atoms with Crippen molar-refractivity contribution in [1.29, 1.82) is 0 Å². The Morgan fingerprint density at radius 1 is 1.17 bits per heavy atom. The molecule has 2 saturated heterocycles. The fourth-order valence-corrected chi connectivity index (χ4v) is 7.07. The lowest BCUT2D eigenvalue weighted by atomic mass is 9.89. The normalized spacial score (nSPS) is 29.9. The summed E-state index contributed by atoms with van der Waals surface area (Å²) in [6.07, 6.45) is 4.55. The van der Waals surface area contributed by atoms with Crippen LogP contribution in [0.1, 0.15) is 36.8 Å². The first kappa shape index (κ1) is 16.1. The van der Waals surface area contributed by atoms with Gasteiger partial charge < -0.3 is 5.11 Å². The fourth-order valence-electron chi connectivity index (χ4n) is 4.91. The molecule has 0 saturated carbocycles. The molecule has 6 heteroatoms. The Kier molecular flexibility index (Phi) is 3.92. The van der Waals surface area contributed by atoms with Gasteiger partial charge in [0.05, 0.1) is 11.7 Å². The lowest BCUT2D eigenvalue weighted by Crippen LogP contribution is -2.39. The van der Waals surface area contributed by atoms with Crippen LogP contribution in [0, 0.1) is 11.8 Å². The van der Waals surface area contributed by atoms with Gasteiger partial charge in [-0.15, -0.1) is 0 Å². The minimum absolute atomic E-state index is 0.0955. The van der Waals surface area contributed by atoms with E-state index in [9.17, 15) is 18.3 Å². The Labute approximate surface area is 142 Å². The van der Waals surface area contributed by atoms with Crippen LogP contribution in [0.3, 0.4) is 0 Å². The molecule has 1 aromatic carbocycles. The number of hydrogen-bond donors (Lipinski definition) is 1. The van der Waals surface area contributed by atoms with Gasteiger partial charge in [-0.05, 0) is 55.6 Å². The van der Waals surface area contributed by atoms with Gasteiger partial charge in [-0.2, -0.15) is 4.31 Å². The smallest absolute Gasteiger partial charge is 0.308 e. The largest absolute Gasteiger partial charge is 0.481 e. The number of benzene rings is 1. The Hall–Kier alpha value is -1.40. The quantitative estimate of drug-likeness (QED) is 0.883. The van der Waals surface area contributed by atoms with Crippen LogP contribution in [0.4, 0.5) is 0 Å². The molecule has 3 aliphatic rings. The van der Waals surface area contributed by atoms with Crippen molar-refractivity contribution in [1.82, 2.24) is 4.31 Å². The predicted octanol–water partition coefficient (Wildman–Crippen LogP) is 2.06. The van der Waals surface area contributed by atoms with Crippen molar-refractivity contribution in [2.24, 2.45) is 11.8 Å². The van der Waals surface area contributed by atoms with E-state index in [1.165, 1.54) is 11.1 Å². The van der Waals surface area contributed by atoms with Crippen LogP contribution in [0.2, 0.25) is 0 Å². The first-order chi connectivity index (χ1) is 11.5. The number of rotatable bonds is 5. The summed E-state index contributed by atoms with van der Waals surface area (Å²) in [6, 6.07) is 7.90. The Balaban J connectivity index is 1.41. The first-order valence-electron chi connectivity index (χ1n) is 8.76. The van der Waals surface area contributed by atoms with E-state index >= 15 is 0 Å². The number of nitrogens with zero attached hydrogens (tertiary/aromatic N) is 1. The molecule has 2 heterocycles. The van der Waals surface area contributed by atoms with Crippen molar-refractivity contribution in [3.8, 4) is 0 Å². The summed E-state index contributed by atoms with van der Waals surface area (Å²) in [4.78, 5) is 11.3. The molecule has 1 aliphatic carbocycles.